The van der Waals surface area contributed by atoms with Crippen molar-refractivity contribution in [3.05, 3.63) is 162 Å². The first-order chi connectivity index (χ1) is 22.6. The second kappa shape index (κ2) is 11.6. The van der Waals surface area contributed by atoms with E-state index in [9.17, 15) is 5.26 Å². The molecule has 0 aliphatic carbocycles. The number of benzene rings is 6. The first-order valence-electron chi connectivity index (χ1n) is 15.0. The van der Waals surface area contributed by atoms with Gasteiger partial charge in [-0.2, -0.15) is 5.26 Å². The first kappa shape index (κ1) is 27.7. The van der Waals surface area contributed by atoms with Gasteiger partial charge in [0.05, 0.1) is 34.1 Å². The molecule has 4 nitrogen and oxygen atoms in total. The minimum absolute atomic E-state index is 0.597. The largest absolute Gasteiger partial charge is 0.309 e. The van der Waals surface area contributed by atoms with Gasteiger partial charge in [0.15, 0.2) is 5.82 Å². The number of fused-ring (bicyclic) bond motifs is 3. The summed E-state index contributed by atoms with van der Waals surface area (Å²) in [5.41, 5.74) is 10.7. The lowest BCUT2D eigenvalue weighted by atomic mass is 10.0. The van der Waals surface area contributed by atoms with Crippen LogP contribution < -0.4 is 0 Å². The summed E-state index contributed by atoms with van der Waals surface area (Å²) in [7, 11) is 0. The molecular formula is C41H25BrN4. The highest BCUT2D eigenvalue weighted by Crippen LogP contribution is 2.36. The summed E-state index contributed by atoms with van der Waals surface area (Å²) < 4.78 is 3.26. The average Bonchev–Trinajstić information content (AvgIpc) is 3.46. The van der Waals surface area contributed by atoms with E-state index in [1.54, 1.807) is 12.1 Å². The molecule has 8 aromatic rings. The quantitative estimate of drug-likeness (QED) is 0.186. The average molecular weight is 654 g/mol. The van der Waals surface area contributed by atoms with Crippen molar-refractivity contribution in [1.29, 1.82) is 5.26 Å². The Balaban J connectivity index is 1.30. The van der Waals surface area contributed by atoms with Crippen LogP contribution >= 0.6 is 15.9 Å². The molecule has 2 aromatic heterocycles. The van der Waals surface area contributed by atoms with Crippen LogP contribution in [0, 0.1) is 11.3 Å². The van der Waals surface area contributed by atoms with Gasteiger partial charge >= 0.3 is 0 Å². The normalized spacial score (nSPS) is 11.1. The van der Waals surface area contributed by atoms with Gasteiger partial charge in [-0.15, -0.1) is 0 Å². The van der Waals surface area contributed by atoms with Crippen molar-refractivity contribution in [3.8, 4) is 56.8 Å². The number of halogens is 1. The Kier molecular flexibility index (Phi) is 6.98. The molecule has 0 N–H and O–H groups in total. The molecule has 0 unspecified atom stereocenters. The zero-order valence-corrected chi connectivity index (χ0v) is 26.2. The van der Waals surface area contributed by atoms with Crippen molar-refractivity contribution in [2.45, 2.75) is 0 Å². The van der Waals surface area contributed by atoms with Crippen LogP contribution in [0.25, 0.3) is 72.5 Å². The minimum Gasteiger partial charge on any atom is -0.309 e. The summed E-state index contributed by atoms with van der Waals surface area (Å²) in [6.45, 7) is 0. The molecular weight excluding hydrogens is 628 g/mol. The molecule has 0 spiro atoms. The fourth-order valence-corrected chi connectivity index (χ4v) is 6.56. The molecule has 0 bridgehead atoms. The van der Waals surface area contributed by atoms with Crippen molar-refractivity contribution < 1.29 is 0 Å². The van der Waals surface area contributed by atoms with E-state index < -0.39 is 0 Å². The summed E-state index contributed by atoms with van der Waals surface area (Å²) in [4.78, 5) is 10.1. The second-order valence-electron chi connectivity index (χ2n) is 11.2. The molecule has 0 fully saturated rings. The van der Waals surface area contributed by atoms with Gasteiger partial charge in [0.2, 0.25) is 0 Å². The van der Waals surface area contributed by atoms with Gasteiger partial charge in [-0.05, 0) is 71.8 Å². The van der Waals surface area contributed by atoms with Crippen molar-refractivity contribution in [2.75, 3.05) is 0 Å². The molecule has 0 radical (unpaired) electrons. The topological polar surface area (TPSA) is 54.5 Å². The Morgan fingerprint density at radius 3 is 1.70 bits per heavy atom. The van der Waals surface area contributed by atoms with Crippen molar-refractivity contribution in [3.63, 3.8) is 0 Å². The minimum atomic E-state index is 0.597. The third-order valence-corrected chi connectivity index (χ3v) is 8.76. The number of hydrogen-bond donors (Lipinski definition) is 0. The molecule has 2 heterocycles. The standard InChI is InChI=1S/C41H25BrN4/c42-33-22-32(23-34(24-33)46-39-12-6-4-10-35(39)36-11-5-7-13-40(36)46)38-25-37(44-41(45-38)31-16-14-27(26-43)15-17-31)30-20-18-29(19-21-30)28-8-2-1-3-9-28/h1-25H. The maximum absolute atomic E-state index is 9.36. The van der Waals surface area contributed by atoms with Crippen molar-refractivity contribution in [1.82, 2.24) is 14.5 Å². The van der Waals surface area contributed by atoms with E-state index in [-0.39, 0.29) is 0 Å². The third-order valence-electron chi connectivity index (χ3n) is 8.30. The molecule has 46 heavy (non-hydrogen) atoms. The molecule has 0 atom stereocenters. The molecule has 0 aliphatic rings. The molecule has 216 valence electrons. The summed E-state index contributed by atoms with van der Waals surface area (Å²) >= 11 is 3.81. The van der Waals surface area contributed by atoms with Gasteiger partial charge in [0, 0.05) is 37.6 Å². The molecule has 0 saturated heterocycles. The Morgan fingerprint density at radius 1 is 0.500 bits per heavy atom. The van der Waals surface area contributed by atoms with E-state index in [1.165, 1.54) is 16.3 Å². The number of aromatic nitrogens is 3. The van der Waals surface area contributed by atoms with Crippen LogP contribution in [0.4, 0.5) is 0 Å². The predicted molar refractivity (Wildman–Crippen MR) is 191 cm³/mol. The molecule has 0 amide bonds. The van der Waals surface area contributed by atoms with E-state index in [4.69, 9.17) is 9.97 Å². The van der Waals surface area contributed by atoms with Gasteiger partial charge in [-0.1, -0.05) is 107 Å². The lowest BCUT2D eigenvalue weighted by molar-refractivity contribution is 1.16. The molecule has 0 aliphatic heterocycles. The molecule has 0 saturated carbocycles. The van der Waals surface area contributed by atoms with Crippen LogP contribution in [0.1, 0.15) is 5.56 Å². The van der Waals surface area contributed by atoms with E-state index in [2.05, 4.69) is 148 Å². The van der Waals surface area contributed by atoms with Crippen molar-refractivity contribution >= 4 is 37.7 Å². The Bertz CT molecular complexity index is 2370. The monoisotopic (exact) mass is 652 g/mol. The lowest BCUT2D eigenvalue weighted by Crippen LogP contribution is -1.98. The fraction of sp³-hybridized carbons (Fsp3) is 0. The number of hydrogen-bond acceptors (Lipinski definition) is 3. The summed E-state index contributed by atoms with van der Waals surface area (Å²) in [6.07, 6.45) is 0. The van der Waals surface area contributed by atoms with Crippen LogP contribution in [0.15, 0.2) is 156 Å². The van der Waals surface area contributed by atoms with Crippen LogP contribution in [-0.4, -0.2) is 14.5 Å². The number of rotatable bonds is 5. The SMILES string of the molecule is N#Cc1ccc(-c2nc(-c3ccc(-c4ccccc4)cc3)cc(-c3cc(Br)cc(-n4c5ccccc5c5ccccc54)c3)n2)cc1. The Labute approximate surface area is 275 Å². The molecule has 5 heteroatoms. The number of nitriles is 1. The van der Waals surface area contributed by atoms with Gasteiger partial charge in [0.25, 0.3) is 0 Å². The lowest BCUT2D eigenvalue weighted by Gasteiger charge is -2.13. The van der Waals surface area contributed by atoms with Gasteiger partial charge < -0.3 is 4.57 Å². The zero-order valence-electron chi connectivity index (χ0n) is 24.6. The molecule has 6 aromatic carbocycles. The first-order valence-corrected chi connectivity index (χ1v) is 15.8. The highest BCUT2D eigenvalue weighted by molar-refractivity contribution is 9.10. The van der Waals surface area contributed by atoms with Gasteiger partial charge in [0.1, 0.15) is 0 Å². The molecule has 8 rings (SSSR count). The zero-order chi connectivity index (χ0) is 31.0. The number of nitrogens with zero attached hydrogens (tertiary/aromatic N) is 4. The van der Waals surface area contributed by atoms with Crippen molar-refractivity contribution in [2.24, 2.45) is 0 Å². The highest BCUT2D eigenvalue weighted by Gasteiger charge is 2.16. The summed E-state index contributed by atoms with van der Waals surface area (Å²) in [5, 5.41) is 11.8. The second-order valence-corrected chi connectivity index (χ2v) is 12.1. The summed E-state index contributed by atoms with van der Waals surface area (Å²) in [5.74, 6) is 0.600. The van der Waals surface area contributed by atoms with Gasteiger partial charge in [-0.25, -0.2) is 9.97 Å². The maximum Gasteiger partial charge on any atom is 0.160 e. The van der Waals surface area contributed by atoms with E-state index in [1.807, 2.05) is 18.2 Å². The predicted octanol–water partition coefficient (Wildman–Crippen LogP) is 10.9. The van der Waals surface area contributed by atoms with Crippen LogP contribution in [0.3, 0.4) is 0 Å². The summed E-state index contributed by atoms with van der Waals surface area (Å²) in [6, 6.07) is 54.0. The van der Waals surface area contributed by atoms with Crippen LogP contribution in [0.2, 0.25) is 0 Å². The van der Waals surface area contributed by atoms with E-state index in [0.717, 1.165) is 54.8 Å². The fourth-order valence-electron chi connectivity index (χ4n) is 6.08. The van der Waals surface area contributed by atoms with Crippen LogP contribution in [-0.2, 0) is 0 Å². The Hall–Kier alpha value is -5.83. The number of para-hydroxylation sites is 2. The van der Waals surface area contributed by atoms with E-state index >= 15 is 0 Å². The third kappa shape index (κ3) is 5.05. The van der Waals surface area contributed by atoms with Crippen LogP contribution in [0.5, 0.6) is 0 Å². The van der Waals surface area contributed by atoms with E-state index in [0.29, 0.717) is 11.4 Å². The smallest absolute Gasteiger partial charge is 0.160 e. The Morgan fingerprint density at radius 2 is 1.04 bits per heavy atom. The highest BCUT2D eigenvalue weighted by atomic mass is 79.9. The maximum atomic E-state index is 9.36. The van der Waals surface area contributed by atoms with Gasteiger partial charge in [-0.3, -0.25) is 0 Å².